The number of aromatic nitrogens is 1. The Morgan fingerprint density at radius 2 is 1.74 bits per heavy atom. The number of aromatic amines is 1. The van der Waals surface area contributed by atoms with Crippen LogP contribution in [-0.2, 0) is 16.1 Å². The number of aliphatic hydroxyl groups excluding tert-OH is 1. The van der Waals surface area contributed by atoms with E-state index in [4.69, 9.17) is 15.9 Å². The molecule has 12 nitrogen and oxygen atoms in total. The summed E-state index contributed by atoms with van der Waals surface area (Å²) in [6.07, 6.45) is 5.75. The fourth-order valence-electron chi connectivity index (χ4n) is 6.65. The quantitative estimate of drug-likeness (QED) is 0.0828. The lowest BCUT2D eigenvalue weighted by Crippen LogP contribution is -2.39. The first-order chi connectivity index (χ1) is 26.2. The summed E-state index contributed by atoms with van der Waals surface area (Å²) in [7, 11) is 1.53. The van der Waals surface area contributed by atoms with Crippen LogP contribution < -0.4 is 26.2 Å². The second kappa shape index (κ2) is 17.6. The van der Waals surface area contributed by atoms with Crippen molar-refractivity contribution in [2.24, 2.45) is 0 Å². The number of hydrogen-bond acceptors (Lipinski definition) is 9. The summed E-state index contributed by atoms with van der Waals surface area (Å²) in [4.78, 5) is 42.4. The average molecular weight is 730 g/mol. The van der Waals surface area contributed by atoms with E-state index < -0.39 is 12.2 Å². The molecule has 0 spiro atoms. The van der Waals surface area contributed by atoms with E-state index in [9.17, 15) is 24.6 Å². The predicted octanol–water partition coefficient (Wildman–Crippen LogP) is 5.76. The lowest BCUT2D eigenvalue weighted by atomic mass is 10.0. The summed E-state index contributed by atoms with van der Waals surface area (Å²) in [6.45, 7) is 2.38. The Kier molecular flexibility index (Phi) is 12.3. The van der Waals surface area contributed by atoms with E-state index in [2.05, 4.69) is 31.8 Å². The van der Waals surface area contributed by atoms with Gasteiger partial charge >= 0.3 is 6.09 Å². The highest BCUT2D eigenvalue weighted by molar-refractivity contribution is 5.93. The van der Waals surface area contributed by atoms with Crippen molar-refractivity contribution in [1.82, 2.24) is 15.2 Å². The van der Waals surface area contributed by atoms with Crippen molar-refractivity contribution in [2.75, 3.05) is 43.9 Å². The number of anilines is 2. The summed E-state index contributed by atoms with van der Waals surface area (Å²) in [6, 6.07) is 26.9. The van der Waals surface area contributed by atoms with E-state index in [0.29, 0.717) is 72.7 Å². The van der Waals surface area contributed by atoms with Crippen LogP contribution in [-0.4, -0.2) is 71.5 Å². The molecule has 1 aliphatic heterocycles. The van der Waals surface area contributed by atoms with E-state index in [0.717, 1.165) is 16.7 Å². The first kappa shape index (κ1) is 37.6. The smallest absolute Gasteiger partial charge is 0.411 e. The van der Waals surface area contributed by atoms with Crippen molar-refractivity contribution in [2.45, 2.75) is 38.0 Å². The summed E-state index contributed by atoms with van der Waals surface area (Å²) >= 11 is 0. The van der Waals surface area contributed by atoms with Gasteiger partial charge in [-0.3, -0.25) is 14.9 Å². The molecule has 1 fully saturated rings. The molecule has 6 rings (SSSR count). The number of nitrogens with zero attached hydrogens (tertiary/aromatic N) is 1. The van der Waals surface area contributed by atoms with Crippen molar-refractivity contribution in [3.05, 3.63) is 118 Å². The molecule has 278 valence electrons. The third-order valence-corrected chi connectivity index (χ3v) is 9.48. The summed E-state index contributed by atoms with van der Waals surface area (Å²) in [5.74, 6) is 2.87. The molecule has 4 aromatic carbocycles. The number of pyridine rings is 1. The molecule has 0 unspecified atom stereocenters. The minimum Gasteiger partial charge on any atom is -0.506 e. The predicted molar refractivity (Wildman–Crippen MR) is 209 cm³/mol. The SMILES string of the molecule is C#Cc1cc(CNC[C@H](O)c2ccc(O)c3[nH]c(=O)ccc23)c(OC)cc1NC(=O)CCN1CCC(OC(=O)Nc2ccccc2-c2ccccc2)CC1. The van der Waals surface area contributed by atoms with Crippen molar-refractivity contribution in [1.29, 1.82) is 0 Å². The van der Waals surface area contributed by atoms with Gasteiger partial charge in [-0.25, -0.2) is 4.79 Å². The van der Waals surface area contributed by atoms with Crippen LogP contribution in [0.1, 0.15) is 42.1 Å². The number of methoxy groups -OCH3 is 1. The Bertz CT molecular complexity index is 2210. The number of piperidine rings is 1. The number of fused-ring (bicyclic) bond motifs is 1. The van der Waals surface area contributed by atoms with E-state index in [-0.39, 0.29) is 41.8 Å². The van der Waals surface area contributed by atoms with Crippen molar-refractivity contribution in [3.63, 3.8) is 0 Å². The number of terminal acetylenes is 1. The molecule has 1 aromatic heterocycles. The molecule has 1 aliphatic rings. The van der Waals surface area contributed by atoms with Crippen molar-refractivity contribution < 1.29 is 29.3 Å². The second-order valence-corrected chi connectivity index (χ2v) is 13.1. The third kappa shape index (κ3) is 9.26. The molecule has 1 saturated heterocycles. The normalized spacial score (nSPS) is 13.9. The topological polar surface area (TPSA) is 165 Å². The number of ether oxygens (including phenoxy) is 2. The minimum absolute atomic E-state index is 0.0827. The van der Waals surface area contributed by atoms with Crippen LogP contribution in [0.3, 0.4) is 0 Å². The number of likely N-dealkylation sites (tertiary alicyclic amines) is 1. The Balaban J connectivity index is 0.963. The number of carbonyl (C=O) groups excluding carboxylic acids is 2. The largest absolute Gasteiger partial charge is 0.506 e. The van der Waals surface area contributed by atoms with Gasteiger partial charge < -0.3 is 40.2 Å². The molecule has 0 aliphatic carbocycles. The highest BCUT2D eigenvalue weighted by Crippen LogP contribution is 2.31. The fourth-order valence-corrected chi connectivity index (χ4v) is 6.65. The van der Waals surface area contributed by atoms with Crippen LogP contribution in [0.2, 0.25) is 0 Å². The number of hydrogen-bond donors (Lipinski definition) is 6. The minimum atomic E-state index is -0.943. The van der Waals surface area contributed by atoms with Crippen LogP contribution in [0, 0.1) is 12.3 Å². The van der Waals surface area contributed by atoms with Crippen LogP contribution >= 0.6 is 0 Å². The number of rotatable bonds is 13. The number of amides is 2. The molecule has 0 radical (unpaired) electrons. The number of phenols is 1. The van der Waals surface area contributed by atoms with Crippen LogP contribution in [0.15, 0.2) is 95.8 Å². The Labute approximate surface area is 313 Å². The summed E-state index contributed by atoms with van der Waals surface area (Å²) in [5.41, 5.74) is 4.72. The molecule has 0 bridgehead atoms. The fraction of sp³-hybridized carbons (Fsp3) is 0.262. The zero-order chi connectivity index (χ0) is 38.0. The number of para-hydroxylation sites is 1. The molecule has 6 N–H and O–H groups in total. The van der Waals surface area contributed by atoms with Gasteiger partial charge in [0.05, 0.1) is 30.1 Å². The molecule has 54 heavy (non-hydrogen) atoms. The van der Waals surface area contributed by atoms with Gasteiger partial charge in [-0.2, -0.15) is 0 Å². The Morgan fingerprint density at radius 3 is 2.50 bits per heavy atom. The average Bonchev–Trinajstić information content (AvgIpc) is 3.18. The maximum Gasteiger partial charge on any atom is 0.411 e. The van der Waals surface area contributed by atoms with E-state index >= 15 is 0 Å². The Hall–Kier alpha value is -6.13. The molecular formula is C42H43N5O7. The zero-order valence-electron chi connectivity index (χ0n) is 29.9. The molecule has 0 saturated carbocycles. The van der Waals surface area contributed by atoms with Gasteiger partial charge in [-0.05, 0) is 48.2 Å². The first-order valence-electron chi connectivity index (χ1n) is 17.8. The molecule has 5 aromatic rings. The van der Waals surface area contributed by atoms with Crippen LogP contribution in [0.4, 0.5) is 16.2 Å². The first-order valence-corrected chi connectivity index (χ1v) is 17.8. The number of H-pyrrole nitrogens is 1. The van der Waals surface area contributed by atoms with Gasteiger partial charge in [0.1, 0.15) is 17.6 Å². The van der Waals surface area contributed by atoms with Crippen molar-refractivity contribution in [3.8, 4) is 35.0 Å². The van der Waals surface area contributed by atoms with Gasteiger partial charge in [0.2, 0.25) is 11.5 Å². The lowest BCUT2D eigenvalue weighted by Gasteiger charge is -2.31. The number of benzene rings is 4. The van der Waals surface area contributed by atoms with Gasteiger partial charge in [0.25, 0.3) is 0 Å². The summed E-state index contributed by atoms with van der Waals surface area (Å²) < 4.78 is 11.4. The van der Waals surface area contributed by atoms with E-state index in [1.165, 1.54) is 19.2 Å². The lowest BCUT2D eigenvalue weighted by molar-refractivity contribution is -0.116. The number of carbonyl (C=O) groups is 2. The monoisotopic (exact) mass is 729 g/mol. The maximum atomic E-state index is 13.0. The molecule has 2 amide bonds. The second-order valence-electron chi connectivity index (χ2n) is 13.1. The maximum absolute atomic E-state index is 13.0. The molecule has 2 heterocycles. The van der Waals surface area contributed by atoms with Crippen molar-refractivity contribution >= 4 is 34.3 Å². The van der Waals surface area contributed by atoms with Crippen LogP contribution in [0.25, 0.3) is 22.0 Å². The number of aliphatic hydroxyl groups is 1. The highest BCUT2D eigenvalue weighted by Gasteiger charge is 2.24. The van der Waals surface area contributed by atoms with Gasteiger partial charge in [0.15, 0.2) is 0 Å². The third-order valence-electron chi connectivity index (χ3n) is 9.48. The molecular weight excluding hydrogens is 686 g/mol. The molecule has 1 atom stereocenters. The number of aromatic hydroxyl groups is 1. The van der Waals surface area contributed by atoms with Gasteiger partial charge in [-0.15, -0.1) is 6.42 Å². The summed E-state index contributed by atoms with van der Waals surface area (Å²) in [5, 5.41) is 30.7. The zero-order valence-corrected chi connectivity index (χ0v) is 29.9. The highest BCUT2D eigenvalue weighted by atomic mass is 16.6. The van der Waals surface area contributed by atoms with Crippen LogP contribution in [0.5, 0.6) is 11.5 Å². The van der Waals surface area contributed by atoms with Gasteiger partial charge in [0, 0.05) is 73.4 Å². The van der Waals surface area contributed by atoms with E-state index in [1.54, 1.807) is 24.3 Å². The molecule has 12 heteroatoms. The Morgan fingerprint density at radius 1 is 0.981 bits per heavy atom. The number of nitrogens with one attached hydrogen (secondary N) is 4. The van der Waals surface area contributed by atoms with E-state index in [1.807, 2.05) is 54.6 Å². The number of phenolic OH excluding ortho intramolecular Hbond substituents is 1. The van der Waals surface area contributed by atoms with Gasteiger partial charge in [-0.1, -0.05) is 60.5 Å². The standard InChI is InChI=1S/C42H43N5O7/c1-3-27-23-29(25-43-26-37(49)32-13-15-36(48)41-33(32)14-16-39(50)46-41)38(53-2)24-35(27)44-40(51)19-22-47-20-17-30(18-21-47)54-42(52)45-34-12-8-7-11-31(34)28-9-5-4-6-10-28/h1,4-16,23-24,30,37,43,48-49H,17-22,25-26H2,2H3,(H,44,51)(H,45,52)(H,46,50)/t37-/m0/s1.